The molecule has 2 aromatic carbocycles. The van der Waals surface area contributed by atoms with Crippen LogP contribution >= 0.6 is 11.3 Å². The number of benzene rings is 2. The number of halogens is 6. The first kappa shape index (κ1) is 22.5. The lowest BCUT2D eigenvalue weighted by Crippen LogP contribution is -2.10. The Hall–Kier alpha value is -2.74. The van der Waals surface area contributed by atoms with E-state index < -0.39 is 23.5 Å². The maximum absolute atomic E-state index is 13.3. The van der Waals surface area contributed by atoms with E-state index in [0.717, 1.165) is 58.5 Å². The van der Waals surface area contributed by atoms with Crippen LogP contribution < -0.4 is 0 Å². The molecule has 32 heavy (non-hydrogen) atoms. The number of phenols is 1. The highest BCUT2D eigenvalue weighted by Gasteiger charge is 2.37. The second-order valence-electron chi connectivity index (χ2n) is 7.73. The van der Waals surface area contributed by atoms with Gasteiger partial charge < -0.3 is 5.11 Å². The van der Waals surface area contributed by atoms with E-state index in [-0.39, 0.29) is 17.4 Å². The molecule has 4 rings (SSSR count). The number of rotatable bonds is 3. The molecular formula is C24H18F6OS. The van der Waals surface area contributed by atoms with E-state index >= 15 is 0 Å². The summed E-state index contributed by atoms with van der Waals surface area (Å²) in [6.07, 6.45) is -7.29. The van der Waals surface area contributed by atoms with E-state index in [1.54, 1.807) is 30.3 Å². The zero-order valence-electron chi connectivity index (χ0n) is 16.9. The topological polar surface area (TPSA) is 20.2 Å². The van der Waals surface area contributed by atoms with Gasteiger partial charge in [-0.1, -0.05) is 12.1 Å². The Kier molecular flexibility index (Phi) is 5.61. The summed E-state index contributed by atoms with van der Waals surface area (Å²) in [5.74, 6) is 0.146. The maximum atomic E-state index is 13.3. The smallest absolute Gasteiger partial charge is 0.416 e. The first-order valence-corrected chi connectivity index (χ1v) is 10.7. The van der Waals surface area contributed by atoms with Crippen LogP contribution in [0.15, 0.2) is 48.5 Å². The van der Waals surface area contributed by atoms with E-state index in [1.165, 1.54) is 11.3 Å². The summed E-state index contributed by atoms with van der Waals surface area (Å²) in [5.41, 5.74) is 1.17. The lowest BCUT2D eigenvalue weighted by molar-refractivity contribution is -0.143. The van der Waals surface area contributed by atoms with Gasteiger partial charge in [0.15, 0.2) is 0 Å². The molecule has 1 N–H and O–H groups in total. The summed E-state index contributed by atoms with van der Waals surface area (Å²) in [6.45, 7) is 1.82. The van der Waals surface area contributed by atoms with E-state index in [2.05, 4.69) is 0 Å². The fourth-order valence-electron chi connectivity index (χ4n) is 4.04. The number of aryl methyl sites for hydroxylation is 1. The van der Waals surface area contributed by atoms with Crippen LogP contribution in [0.3, 0.4) is 0 Å². The predicted octanol–water partition coefficient (Wildman–Crippen LogP) is 8.56. The van der Waals surface area contributed by atoms with Crippen LogP contribution in [0.5, 0.6) is 5.75 Å². The van der Waals surface area contributed by atoms with Crippen LogP contribution in [0.2, 0.25) is 0 Å². The Balaban J connectivity index is 1.82. The quantitative estimate of drug-likeness (QED) is 0.382. The van der Waals surface area contributed by atoms with E-state index in [9.17, 15) is 31.4 Å². The van der Waals surface area contributed by atoms with Crippen molar-refractivity contribution in [2.24, 2.45) is 0 Å². The lowest BCUT2D eigenvalue weighted by Gasteiger charge is -2.13. The molecule has 0 aliphatic heterocycles. The first-order chi connectivity index (χ1) is 14.9. The summed E-state index contributed by atoms with van der Waals surface area (Å²) in [6, 6.07) is 10.2. The molecule has 0 spiro atoms. The molecule has 1 aliphatic rings. The molecule has 0 amide bonds. The summed E-state index contributed by atoms with van der Waals surface area (Å²) in [4.78, 5) is 1.19. The molecule has 0 unspecified atom stereocenters. The van der Waals surface area contributed by atoms with Crippen molar-refractivity contribution in [3.8, 4) is 16.2 Å². The number of phenolic OH excluding ortho intramolecular Hbond substituents is 1. The number of thiophene rings is 1. The SMILES string of the molecule is Cc1sc(-c2cc(C(F)(F)F)cc(C(F)(F)F)c2)cc1C1=C(c2ccc(O)cc2)CCC1. The van der Waals surface area contributed by atoms with Gasteiger partial charge in [-0.25, -0.2) is 0 Å². The van der Waals surface area contributed by atoms with Gasteiger partial charge in [0.05, 0.1) is 11.1 Å². The average Bonchev–Trinajstić information content (AvgIpc) is 3.33. The van der Waals surface area contributed by atoms with Gasteiger partial charge in [0.1, 0.15) is 5.75 Å². The molecule has 0 saturated carbocycles. The normalized spacial score (nSPS) is 15.0. The number of hydrogen-bond donors (Lipinski definition) is 1. The molecule has 8 heteroatoms. The molecule has 3 aromatic rings. The summed E-state index contributed by atoms with van der Waals surface area (Å²) >= 11 is 1.18. The van der Waals surface area contributed by atoms with Crippen LogP contribution in [0, 0.1) is 6.92 Å². The second-order valence-corrected chi connectivity index (χ2v) is 8.99. The van der Waals surface area contributed by atoms with Gasteiger partial charge >= 0.3 is 12.4 Å². The van der Waals surface area contributed by atoms with Crippen molar-refractivity contribution in [3.05, 3.63) is 75.7 Å². The molecule has 0 bridgehead atoms. The van der Waals surface area contributed by atoms with Gasteiger partial charge in [-0.15, -0.1) is 11.3 Å². The second kappa shape index (κ2) is 7.99. The monoisotopic (exact) mass is 468 g/mol. The Morgan fingerprint density at radius 1 is 0.750 bits per heavy atom. The number of allylic oxidation sites excluding steroid dienone is 2. The Labute approximate surface area is 184 Å². The van der Waals surface area contributed by atoms with Crippen molar-refractivity contribution in [2.75, 3.05) is 0 Å². The van der Waals surface area contributed by atoms with Crippen LogP contribution in [-0.2, 0) is 12.4 Å². The minimum Gasteiger partial charge on any atom is -0.508 e. The first-order valence-electron chi connectivity index (χ1n) is 9.85. The predicted molar refractivity (Wildman–Crippen MR) is 113 cm³/mol. The maximum Gasteiger partial charge on any atom is 0.416 e. The van der Waals surface area contributed by atoms with Crippen molar-refractivity contribution in [1.29, 1.82) is 0 Å². The van der Waals surface area contributed by atoms with Crippen LogP contribution in [-0.4, -0.2) is 5.11 Å². The van der Waals surface area contributed by atoms with Crippen LogP contribution in [0.4, 0.5) is 26.3 Å². The van der Waals surface area contributed by atoms with Gasteiger partial charge in [-0.05, 0) is 90.4 Å². The van der Waals surface area contributed by atoms with Gasteiger partial charge in [0.25, 0.3) is 0 Å². The molecule has 1 heterocycles. The van der Waals surface area contributed by atoms with Gasteiger partial charge in [-0.3, -0.25) is 0 Å². The highest BCUT2D eigenvalue weighted by molar-refractivity contribution is 7.15. The van der Waals surface area contributed by atoms with Gasteiger partial charge in [0.2, 0.25) is 0 Å². The van der Waals surface area contributed by atoms with E-state index in [0.29, 0.717) is 4.88 Å². The van der Waals surface area contributed by atoms with Crippen molar-refractivity contribution in [3.63, 3.8) is 0 Å². The zero-order valence-corrected chi connectivity index (χ0v) is 17.7. The molecule has 0 fully saturated rings. The largest absolute Gasteiger partial charge is 0.508 e. The van der Waals surface area contributed by atoms with Gasteiger partial charge in [-0.2, -0.15) is 26.3 Å². The summed E-state index contributed by atoms with van der Waals surface area (Å²) < 4.78 is 79.6. The minimum atomic E-state index is -4.88. The Bertz CT molecular complexity index is 1150. The Morgan fingerprint density at radius 2 is 1.31 bits per heavy atom. The molecule has 1 aromatic heterocycles. The van der Waals surface area contributed by atoms with Crippen LogP contribution in [0.25, 0.3) is 21.6 Å². The lowest BCUT2D eigenvalue weighted by atomic mass is 9.96. The third-order valence-electron chi connectivity index (χ3n) is 5.55. The molecule has 0 atom stereocenters. The number of alkyl halides is 6. The van der Waals surface area contributed by atoms with Crippen molar-refractivity contribution < 1.29 is 31.4 Å². The summed E-state index contributed by atoms with van der Waals surface area (Å²) in [7, 11) is 0. The third-order valence-corrected chi connectivity index (χ3v) is 6.65. The fourth-order valence-corrected chi connectivity index (χ4v) is 5.08. The van der Waals surface area contributed by atoms with Crippen molar-refractivity contribution in [1.82, 2.24) is 0 Å². The standard InChI is InChI=1S/C24H18F6OS/c1-13-21(20-4-2-3-19(20)14-5-7-18(31)8-6-14)12-22(32-13)15-9-16(23(25,26)27)11-17(10-15)24(28,29)30/h5-12,31H,2-4H2,1H3. The van der Waals surface area contributed by atoms with E-state index in [4.69, 9.17) is 0 Å². The fraction of sp³-hybridized carbons (Fsp3) is 0.250. The molecule has 1 nitrogen and oxygen atoms in total. The van der Waals surface area contributed by atoms with Crippen LogP contribution in [0.1, 0.15) is 46.4 Å². The van der Waals surface area contributed by atoms with Crippen molar-refractivity contribution in [2.45, 2.75) is 38.5 Å². The third kappa shape index (κ3) is 4.41. The number of aromatic hydroxyl groups is 1. The zero-order chi connectivity index (χ0) is 23.3. The van der Waals surface area contributed by atoms with Crippen molar-refractivity contribution >= 4 is 22.5 Å². The molecule has 0 radical (unpaired) electrons. The molecular weight excluding hydrogens is 450 g/mol. The minimum absolute atomic E-state index is 0.101. The van der Waals surface area contributed by atoms with E-state index in [1.807, 2.05) is 6.92 Å². The highest BCUT2D eigenvalue weighted by Crippen LogP contribution is 2.46. The summed E-state index contributed by atoms with van der Waals surface area (Å²) in [5, 5.41) is 9.54. The molecule has 0 saturated heterocycles. The average molecular weight is 468 g/mol. The van der Waals surface area contributed by atoms with Gasteiger partial charge in [0, 0.05) is 9.75 Å². The molecule has 1 aliphatic carbocycles. The number of hydrogen-bond acceptors (Lipinski definition) is 2. The molecule has 168 valence electrons. The highest BCUT2D eigenvalue weighted by atomic mass is 32.1. The Morgan fingerprint density at radius 3 is 1.88 bits per heavy atom.